The van der Waals surface area contributed by atoms with Gasteiger partial charge in [0.15, 0.2) is 0 Å². The molecule has 0 spiro atoms. The van der Waals surface area contributed by atoms with Crippen molar-refractivity contribution < 1.29 is 0 Å². The van der Waals surface area contributed by atoms with Crippen molar-refractivity contribution in [1.29, 1.82) is 0 Å². The van der Waals surface area contributed by atoms with Crippen LogP contribution in [0.15, 0.2) is 23.3 Å². The van der Waals surface area contributed by atoms with Gasteiger partial charge in [0.1, 0.15) is 8.07 Å². The molecule has 0 aliphatic heterocycles. The third-order valence-electron chi connectivity index (χ3n) is 1.89. The molecule has 0 unspecified atom stereocenters. The molecule has 70 valence electrons. The fourth-order valence-electron chi connectivity index (χ4n) is 1.20. The molecule has 0 saturated heterocycles. The van der Waals surface area contributed by atoms with E-state index in [0.717, 1.165) is 6.42 Å². The molecular weight excluding hydrogens is 172 g/mol. The van der Waals surface area contributed by atoms with E-state index >= 15 is 0 Å². The molecule has 13 heavy (non-hydrogen) atoms. The van der Waals surface area contributed by atoms with Gasteiger partial charge < -0.3 is 0 Å². The van der Waals surface area contributed by atoms with Gasteiger partial charge in [0.2, 0.25) is 0 Å². The molecule has 0 bridgehead atoms. The molecule has 0 nitrogen and oxygen atoms in total. The summed E-state index contributed by atoms with van der Waals surface area (Å²) in [6.07, 6.45) is 6.84. The Morgan fingerprint density at radius 3 is 2.54 bits per heavy atom. The second kappa shape index (κ2) is 3.98. The van der Waals surface area contributed by atoms with Crippen LogP contribution in [0.5, 0.6) is 0 Å². The normalized spacial score (nSPS) is 16.9. The van der Waals surface area contributed by atoms with Gasteiger partial charge in [-0.05, 0) is 25.8 Å². The predicted molar refractivity (Wildman–Crippen MR) is 62.2 cm³/mol. The van der Waals surface area contributed by atoms with Gasteiger partial charge in [-0.15, -0.1) is 5.54 Å². The van der Waals surface area contributed by atoms with E-state index in [1.54, 1.807) is 0 Å². The maximum Gasteiger partial charge on any atom is 0.129 e. The molecular formula is C12H18Si. The number of hydrogen-bond acceptors (Lipinski definition) is 0. The Labute approximate surface area is 82.7 Å². The molecule has 0 N–H and O–H groups in total. The summed E-state index contributed by atoms with van der Waals surface area (Å²) in [5, 5.41) is 0. The smallest absolute Gasteiger partial charge is 0.127 e. The van der Waals surface area contributed by atoms with E-state index in [1.807, 2.05) is 0 Å². The fourth-order valence-corrected chi connectivity index (χ4v) is 1.72. The Hall–Kier alpha value is -0.743. The predicted octanol–water partition coefficient (Wildman–Crippen LogP) is 3.53. The second-order valence-electron chi connectivity index (χ2n) is 4.69. The highest BCUT2D eigenvalue weighted by Gasteiger charge is 2.07. The van der Waals surface area contributed by atoms with Crippen molar-refractivity contribution in [2.45, 2.75) is 39.4 Å². The van der Waals surface area contributed by atoms with Crippen LogP contribution in [0.1, 0.15) is 19.8 Å². The molecule has 0 fully saturated rings. The highest BCUT2D eigenvalue weighted by molar-refractivity contribution is 6.83. The van der Waals surface area contributed by atoms with Crippen LogP contribution in [0, 0.1) is 11.5 Å². The first-order chi connectivity index (χ1) is 5.97. The number of allylic oxidation sites excluding steroid dienone is 4. The van der Waals surface area contributed by atoms with Crippen LogP contribution in [-0.4, -0.2) is 8.07 Å². The number of rotatable bonds is 0. The van der Waals surface area contributed by atoms with Crippen LogP contribution < -0.4 is 0 Å². The molecule has 0 heterocycles. The first-order valence-electron chi connectivity index (χ1n) is 4.88. The molecule has 0 aromatic heterocycles. The Kier molecular flexibility index (Phi) is 3.16. The summed E-state index contributed by atoms with van der Waals surface area (Å²) in [7, 11) is -1.19. The minimum Gasteiger partial charge on any atom is -0.127 e. The third-order valence-corrected chi connectivity index (χ3v) is 2.76. The summed E-state index contributed by atoms with van der Waals surface area (Å²) in [5.74, 6) is 3.29. The van der Waals surface area contributed by atoms with Crippen LogP contribution in [0.25, 0.3) is 0 Å². The largest absolute Gasteiger partial charge is 0.129 e. The summed E-state index contributed by atoms with van der Waals surface area (Å²) < 4.78 is 0. The molecule has 0 radical (unpaired) electrons. The first-order valence-corrected chi connectivity index (χ1v) is 8.38. The standard InChI is InChI=1S/C12H18Si/c1-11-6-5-7-12(10-11)8-9-13(2,3)4/h7,10H,5-6H2,1-4H3. The minimum atomic E-state index is -1.19. The van der Waals surface area contributed by atoms with E-state index in [-0.39, 0.29) is 0 Å². The Morgan fingerprint density at radius 2 is 2.00 bits per heavy atom. The molecule has 1 rings (SSSR count). The molecule has 1 aliphatic rings. The Morgan fingerprint density at radius 1 is 1.31 bits per heavy atom. The second-order valence-corrected chi connectivity index (χ2v) is 9.44. The van der Waals surface area contributed by atoms with Crippen LogP contribution in [-0.2, 0) is 0 Å². The summed E-state index contributed by atoms with van der Waals surface area (Å²) in [5.41, 5.74) is 6.08. The maximum atomic E-state index is 3.39. The summed E-state index contributed by atoms with van der Waals surface area (Å²) in [6, 6.07) is 0. The summed E-state index contributed by atoms with van der Waals surface area (Å²) in [6.45, 7) is 9.02. The van der Waals surface area contributed by atoms with Crippen molar-refractivity contribution in [3.8, 4) is 11.5 Å². The quantitative estimate of drug-likeness (QED) is 0.405. The summed E-state index contributed by atoms with van der Waals surface area (Å²) >= 11 is 0. The minimum absolute atomic E-state index is 1.16. The number of hydrogen-bond donors (Lipinski definition) is 0. The van der Waals surface area contributed by atoms with E-state index in [4.69, 9.17) is 0 Å². The highest BCUT2D eigenvalue weighted by Crippen LogP contribution is 2.15. The summed E-state index contributed by atoms with van der Waals surface area (Å²) in [4.78, 5) is 0. The van der Waals surface area contributed by atoms with E-state index < -0.39 is 8.07 Å². The van der Waals surface area contributed by atoms with Crippen LogP contribution in [0.2, 0.25) is 19.6 Å². The van der Waals surface area contributed by atoms with Gasteiger partial charge in [0, 0.05) is 5.57 Å². The zero-order chi connectivity index (χ0) is 9.90. The van der Waals surface area contributed by atoms with Crippen molar-refractivity contribution in [2.75, 3.05) is 0 Å². The van der Waals surface area contributed by atoms with E-state index in [0.29, 0.717) is 0 Å². The third kappa shape index (κ3) is 4.14. The van der Waals surface area contributed by atoms with Gasteiger partial charge in [0.05, 0.1) is 0 Å². The molecule has 0 saturated carbocycles. The maximum absolute atomic E-state index is 3.39. The zero-order valence-electron chi connectivity index (χ0n) is 9.07. The fraction of sp³-hybridized carbons (Fsp3) is 0.500. The lowest BCUT2D eigenvalue weighted by molar-refractivity contribution is 0.954. The van der Waals surface area contributed by atoms with E-state index in [1.165, 1.54) is 17.6 Å². The molecule has 0 atom stereocenters. The molecule has 0 amide bonds. The van der Waals surface area contributed by atoms with Gasteiger partial charge in [-0.25, -0.2) is 0 Å². The van der Waals surface area contributed by atoms with Crippen LogP contribution >= 0.6 is 0 Å². The lowest BCUT2D eigenvalue weighted by Gasteiger charge is -2.07. The van der Waals surface area contributed by atoms with Gasteiger partial charge in [-0.1, -0.05) is 37.2 Å². The van der Waals surface area contributed by atoms with Crippen molar-refractivity contribution >= 4 is 8.07 Å². The van der Waals surface area contributed by atoms with Gasteiger partial charge in [-0.3, -0.25) is 0 Å². The molecule has 1 aliphatic carbocycles. The average Bonchev–Trinajstić information content (AvgIpc) is 2.00. The van der Waals surface area contributed by atoms with E-state index in [9.17, 15) is 0 Å². The first kappa shape index (κ1) is 10.3. The van der Waals surface area contributed by atoms with Crippen molar-refractivity contribution in [3.63, 3.8) is 0 Å². The van der Waals surface area contributed by atoms with Gasteiger partial charge >= 0.3 is 0 Å². The highest BCUT2D eigenvalue weighted by atomic mass is 28.3. The lowest BCUT2D eigenvalue weighted by atomic mass is 10.0. The Balaban J connectivity index is 2.74. The van der Waals surface area contributed by atoms with E-state index in [2.05, 4.69) is 50.2 Å². The zero-order valence-corrected chi connectivity index (χ0v) is 10.1. The monoisotopic (exact) mass is 190 g/mol. The SMILES string of the molecule is CC1=CC(C#C[Si](C)(C)C)=CCC1. The van der Waals surface area contributed by atoms with Crippen molar-refractivity contribution in [2.24, 2.45) is 0 Å². The van der Waals surface area contributed by atoms with Gasteiger partial charge in [-0.2, -0.15) is 0 Å². The lowest BCUT2D eigenvalue weighted by Crippen LogP contribution is -2.16. The molecule has 0 aromatic carbocycles. The molecule has 1 heteroatoms. The topological polar surface area (TPSA) is 0 Å². The van der Waals surface area contributed by atoms with Crippen molar-refractivity contribution in [1.82, 2.24) is 0 Å². The van der Waals surface area contributed by atoms with Crippen LogP contribution in [0.4, 0.5) is 0 Å². The van der Waals surface area contributed by atoms with Crippen LogP contribution in [0.3, 0.4) is 0 Å². The molecule has 0 aromatic rings. The van der Waals surface area contributed by atoms with Gasteiger partial charge in [0.25, 0.3) is 0 Å². The average molecular weight is 190 g/mol. The Bertz CT molecular complexity index is 302. The van der Waals surface area contributed by atoms with Crippen molar-refractivity contribution in [3.05, 3.63) is 23.3 Å².